The molecule has 2 aromatic heterocycles. The molecule has 2 aliphatic rings. The van der Waals surface area contributed by atoms with Crippen LogP contribution in [0.2, 0.25) is 0 Å². The van der Waals surface area contributed by atoms with Crippen molar-refractivity contribution in [3.63, 3.8) is 0 Å². The van der Waals surface area contributed by atoms with E-state index in [9.17, 15) is 4.79 Å². The summed E-state index contributed by atoms with van der Waals surface area (Å²) >= 11 is 0. The molecule has 0 atom stereocenters. The predicted molar refractivity (Wildman–Crippen MR) is 103 cm³/mol. The highest BCUT2D eigenvalue weighted by Crippen LogP contribution is 2.39. The molecule has 0 N–H and O–H groups in total. The Morgan fingerprint density at radius 2 is 1.78 bits per heavy atom. The summed E-state index contributed by atoms with van der Waals surface area (Å²) in [6.07, 6.45) is 12.0. The minimum Gasteiger partial charge on any atom is -0.461 e. The van der Waals surface area contributed by atoms with Gasteiger partial charge >= 0.3 is 0 Å². The molecule has 4 rings (SSSR count). The molecule has 2 aromatic rings. The summed E-state index contributed by atoms with van der Waals surface area (Å²) in [7, 11) is 0. The van der Waals surface area contributed by atoms with E-state index in [0.29, 0.717) is 34.7 Å². The smallest absolute Gasteiger partial charge is 0.276 e. The van der Waals surface area contributed by atoms with E-state index in [4.69, 9.17) is 8.94 Å². The molecule has 27 heavy (non-hydrogen) atoms. The van der Waals surface area contributed by atoms with Gasteiger partial charge in [0.2, 0.25) is 5.76 Å². The van der Waals surface area contributed by atoms with Gasteiger partial charge in [0.15, 0.2) is 11.5 Å². The van der Waals surface area contributed by atoms with E-state index < -0.39 is 0 Å². The summed E-state index contributed by atoms with van der Waals surface area (Å²) in [5.41, 5.74) is 0.787. The monoisotopic (exact) mass is 370 g/mol. The zero-order valence-electron chi connectivity index (χ0n) is 16.4. The molecule has 0 aliphatic heterocycles. The van der Waals surface area contributed by atoms with E-state index in [-0.39, 0.29) is 5.91 Å². The predicted octanol–water partition coefficient (Wildman–Crippen LogP) is 5.68. The van der Waals surface area contributed by atoms with E-state index in [1.807, 2.05) is 6.07 Å². The Bertz CT molecular complexity index is 746. The number of carbonyl (C=O) groups excluding carboxylic acids is 1. The van der Waals surface area contributed by atoms with Gasteiger partial charge in [0, 0.05) is 18.2 Å². The summed E-state index contributed by atoms with van der Waals surface area (Å²) in [5.74, 6) is 1.13. The maximum atomic E-state index is 13.5. The van der Waals surface area contributed by atoms with Crippen LogP contribution in [0.15, 0.2) is 33.4 Å². The lowest BCUT2D eigenvalue weighted by molar-refractivity contribution is 0.0351. The van der Waals surface area contributed by atoms with Gasteiger partial charge in [-0.2, -0.15) is 0 Å². The van der Waals surface area contributed by atoms with Crippen molar-refractivity contribution in [2.24, 2.45) is 5.41 Å². The molecule has 2 aliphatic carbocycles. The number of carbonyl (C=O) groups is 1. The van der Waals surface area contributed by atoms with Crippen molar-refractivity contribution in [1.82, 2.24) is 10.1 Å². The van der Waals surface area contributed by atoms with Crippen molar-refractivity contribution < 1.29 is 13.7 Å². The topological polar surface area (TPSA) is 59.5 Å². The number of rotatable bonds is 4. The Kier molecular flexibility index (Phi) is 5.11. The van der Waals surface area contributed by atoms with Crippen LogP contribution in [0, 0.1) is 5.41 Å². The standard InChI is InChI=1S/C22H30N2O3/c1-22(2)12-10-17(11-13-22)24(16-7-4-3-5-8-16)21(25)18-15-20(27-23-18)19-9-6-14-26-19/h6,9,14-17H,3-5,7-8,10-13H2,1-2H3. The Balaban J connectivity index is 1.57. The number of nitrogens with zero attached hydrogens (tertiary/aromatic N) is 2. The van der Waals surface area contributed by atoms with Crippen LogP contribution in [-0.2, 0) is 0 Å². The molecule has 0 aromatic carbocycles. The summed E-state index contributed by atoms with van der Waals surface area (Å²) in [5, 5.41) is 4.09. The van der Waals surface area contributed by atoms with Crippen LogP contribution >= 0.6 is 0 Å². The fourth-order valence-electron chi connectivity index (χ4n) is 4.69. The van der Waals surface area contributed by atoms with Gasteiger partial charge < -0.3 is 13.8 Å². The van der Waals surface area contributed by atoms with Gasteiger partial charge in [-0.15, -0.1) is 0 Å². The number of hydrogen-bond donors (Lipinski definition) is 0. The van der Waals surface area contributed by atoms with Crippen LogP contribution in [0.1, 0.15) is 82.1 Å². The highest BCUT2D eigenvalue weighted by Gasteiger charge is 2.37. The lowest BCUT2D eigenvalue weighted by Gasteiger charge is -2.44. The van der Waals surface area contributed by atoms with E-state index >= 15 is 0 Å². The van der Waals surface area contributed by atoms with Crippen LogP contribution in [-0.4, -0.2) is 28.0 Å². The van der Waals surface area contributed by atoms with Gasteiger partial charge in [-0.1, -0.05) is 38.3 Å². The molecule has 5 nitrogen and oxygen atoms in total. The van der Waals surface area contributed by atoms with E-state index in [1.54, 1.807) is 18.4 Å². The first-order valence-corrected chi connectivity index (χ1v) is 10.4. The van der Waals surface area contributed by atoms with Crippen LogP contribution < -0.4 is 0 Å². The Labute approximate surface area is 161 Å². The Hall–Kier alpha value is -2.04. The van der Waals surface area contributed by atoms with Crippen molar-refractivity contribution >= 4 is 5.91 Å². The van der Waals surface area contributed by atoms with Gasteiger partial charge in [0.1, 0.15) is 0 Å². The fourth-order valence-corrected chi connectivity index (χ4v) is 4.69. The summed E-state index contributed by atoms with van der Waals surface area (Å²) in [6.45, 7) is 4.67. The molecule has 0 bridgehead atoms. The third-order valence-corrected chi connectivity index (χ3v) is 6.40. The van der Waals surface area contributed by atoms with Gasteiger partial charge in [-0.3, -0.25) is 4.79 Å². The molecule has 0 radical (unpaired) electrons. The first kappa shape index (κ1) is 18.3. The highest BCUT2D eigenvalue weighted by atomic mass is 16.5. The second kappa shape index (κ2) is 7.53. The molecule has 2 fully saturated rings. The Morgan fingerprint density at radius 3 is 2.44 bits per heavy atom. The van der Waals surface area contributed by atoms with Crippen molar-refractivity contribution in [3.8, 4) is 11.5 Å². The molecule has 146 valence electrons. The van der Waals surface area contributed by atoms with Crippen molar-refractivity contribution in [1.29, 1.82) is 0 Å². The number of amides is 1. The molecule has 5 heteroatoms. The molecule has 2 saturated carbocycles. The zero-order valence-corrected chi connectivity index (χ0v) is 16.4. The third-order valence-electron chi connectivity index (χ3n) is 6.40. The van der Waals surface area contributed by atoms with E-state index in [0.717, 1.165) is 25.7 Å². The van der Waals surface area contributed by atoms with Gasteiger partial charge in [-0.25, -0.2) is 0 Å². The van der Waals surface area contributed by atoms with Crippen LogP contribution in [0.4, 0.5) is 0 Å². The largest absolute Gasteiger partial charge is 0.461 e. The molecule has 1 amide bonds. The average Bonchev–Trinajstić information content (AvgIpc) is 3.35. The maximum Gasteiger partial charge on any atom is 0.276 e. The van der Waals surface area contributed by atoms with Crippen LogP contribution in [0.5, 0.6) is 0 Å². The first-order chi connectivity index (χ1) is 13.0. The normalized spacial score (nSPS) is 21.3. The van der Waals surface area contributed by atoms with E-state index in [2.05, 4.69) is 23.9 Å². The van der Waals surface area contributed by atoms with Crippen molar-refractivity contribution in [3.05, 3.63) is 30.2 Å². The van der Waals surface area contributed by atoms with Crippen molar-refractivity contribution in [2.75, 3.05) is 0 Å². The van der Waals surface area contributed by atoms with Crippen molar-refractivity contribution in [2.45, 2.75) is 83.7 Å². The third kappa shape index (κ3) is 3.97. The van der Waals surface area contributed by atoms with Gasteiger partial charge in [0.25, 0.3) is 5.91 Å². The molecule has 0 unspecified atom stereocenters. The molecular weight excluding hydrogens is 340 g/mol. The van der Waals surface area contributed by atoms with Crippen LogP contribution in [0.25, 0.3) is 11.5 Å². The fraction of sp³-hybridized carbons (Fsp3) is 0.636. The number of furan rings is 1. The lowest BCUT2D eigenvalue weighted by atomic mass is 9.74. The maximum absolute atomic E-state index is 13.5. The van der Waals surface area contributed by atoms with Crippen LogP contribution in [0.3, 0.4) is 0 Å². The summed E-state index contributed by atoms with van der Waals surface area (Å²) < 4.78 is 10.8. The molecular formula is C22H30N2O3. The molecule has 0 spiro atoms. The summed E-state index contributed by atoms with van der Waals surface area (Å²) in [4.78, 5) is 15.6. The highest BCUT2D eigenvalue weighted by molar-refractivity contribution is 5.93. The lowest BCUT2D eigenvalue weighted by Crippen LogP contribution is -2.50. The quantitative estimate of drug-likeness (QED) is 0.695. The van der Waals surface area contributed by atoms with Gasteiger partial charge in [-0.05, 0) is 56.1 Å². The van der Waals surface area contributed by atoms with E-state index in [1.165, 1.54) is 32.1 Å². The minimum atomic E-state index is 0.0214. The molecule has 2 heterocycles. The number of hydrogen-bond acceptors (Lipinski definition) is 4. The first-order valence-electron chi connectivity index (χ1n) is 10.4. The zero-order chi connectivity index (χ0) is 18.9. The van der Waals surface area contributed by atoms with Gasteiger partial charge in [0.05, 0.1) is 6.26 Å². The number of aromatic nitrogens is 1. The summed E-state index contributed by atoms with van der Waals surface area (Å²) in [6, 6.07) is 6.00. The minimum absolute atomic E-state index is 0.0214. The molecule has 0 saturated heterocycles. The second-order valence-electron chi connectivity index (χ2n) is 8.95. The second-order valence-corrected chi connectivity index (χ2v) is 8.95. The average molecular weight is 370 g/mol. The SMILES string of the molecule is CC1(C)CCC(N(C(=O)c2cc(-c3ccco3)on2)C2CCCCC2)CC1. The Morgan fingerprint density at radius 1 is 1.07 bits per heavy atom.